The lowest BCUT2D eigenvalue weighted by Gasteiger charge is -2.56. The standard InChI is InChI=1S/C21H29N3O4S/c1-2-22-29(27,28)18-5-3-17(4-6-18)20(26)24-23-19(25)13-21-10-14-7-15(11-21)9-16(8-14)12-21/h3-6,14-16,22H,2,7-13H2,1H3,(H,23,25)(H,24,26). The van der Waals surface area contributed by atoms with Gasteiger partial charge in [0.2, 0.25) is 15.9 Å². The molecule has 4 bridgehead atoms. The normalized spacial score (nSPS) is 30.2. The van der Waals surface area contributed by atoms with Crippen LogP contribution in [-0.2, 0) is 14.8 Å². The third-order valence-electron chi connectivity index (χ3n) is 6.78. The van der Waals surface area contributed by atoms with Gasteiger partial charge in [-0.15, -0.1) is 0 Å². The highest BCUT2D eigenvalue weighted by Gasteiger charge is 2.51. The first-order chi connectivity index (χ1) is 13.8. The molecule has 0 heterocycles. The SMILES string of the molecule is CCNS(=O)(=O)c1ccc(C(=O)NNC(=O)CC23CC4CC(CC(C4)C2)C3)cc1. The molecule has 8 heteroatoms. The molecule has 0 radical (unpaired) electrons. The quantitative estimate of drug-likeness (QED) is 0.616. The van der Waals surface area contributed by atoms with Crippen LogP contribution < -0.4 is 15.6 Å². The fourth-order valence-corrected chi connectivity index (χ4v) is 7.19. The summed E-state index contributed by atoms with van der Waals surface area (Å²) >= 11 is 0. The van der Waals surface area contributed by atoms with Crippen LogP contribution in [-0.4, -0.2) is 26.8 Å². The molecule has 0 saturated heterocycles. The van der Waals surface area contributed by atoms with E-state index in [-0.39, 0.29) is 21.8 Å². The third kappa shape index (κ3) is 4.33. The summed E-state index contributed by atoms with van der Waals surface area (Å²) in [5.74, 6) is 1.73. The summed E-state index contributed by atoms with van der Waals surface area (Å²) in [6, 6.07) is 5.63. The summed E-state index contributed by atoms with van der Waals surface area (Å²) in [5.41, 5.74) is 5.42. The van der Waals surface area contributed by atoms with Crippen LogP contribution in [0.25, 0.3) is 0 Å². The predicted molar refractivity (Wildman–Crippen MR) is 108 cm³/mol. The third-order valence-corrected chi connectivity index (χ3v) is 8.34. The van der Waals surface area contributed by atoms with E-state index in [2.05, 4.69) is 15.6 Å². The van der Waals surface area contributed by atoms with E-state index in [0.717, 1.165) is 37.0 Å². The van der Waals surface area contributed by atoms with Gasteiger partial charge in [-0.25, -0.2) is 13.1 Å². The molecule has 4 fully saturated rings. The minimum Gasteiger partial charge on any atom is -0.273 e. The molecular formula is C21H29N3O4S. The van der Waals surface area contributed by atoms with Crippen molar-refractivity contribution in [2.45, 2.75) is 56.8 Å². The van der Waals surface area contributed by atoms with Gasteiger partial charge in [-0.1, -0.05) is 6.92 Å². The largest absolute Gasteiger partial charge is 0.273 e. The van der Waals surface area contributed by atoms with Crippen molar-refractivity contribution in [1.29, 1.82) is 0 Å². The van der Waals surface area contributed by atoms with Gasteiger partial charge >= 0.3 is 0 Å². The van der Waals surface area contributed by atoms with Crippen LogP contribution in [0.1, 0.15) is 62.2 Å². The Bertz CT molecular complexity index is 860. The van der Waals surface area contributed by atoms with Crippen molar-refractivity contribution in [1.82, 2.24) is 15.6 Å². The summed E-state index contributed by atoms with van der Waals surface area (Å²) in [6.07, 6.45) is 7.88. The summed E-state index contributed by atoms with van der Waals surface area (Å²) in [6.45, 7) is 1.99. The monoisotopic (exact) mass is 419 g/mol. The summed E-state index contributed by atoms with van der Waals surface area (Å²) in [7, 11) is -3.56. The van der Waals surface area contributed by atoms with E-state index in [9.17, 15) is 18.0 Å². The maximum absolute atomic E-state index is 12.5. The van der Waals surface area contributed by atoms with E-state index in [1.165, 1.54) is 43.5 Å². The lowest BCUT2D eigenvalue weighted by Crippen LogP contribution is -2.50. The fourth-order valence-electron chi connectivity index (χ4n) is 6.15. The molecule has 0 atom stereocenters. The molecule has 4 aliphatic rings. The number of amides is 2. The molecule has 2 amide bonds. The topological polar surface area (TPSA) is 104 Å². The molecule has 29 heavy (non-hydrogen) atoms. The molecular weight excluding hydrogens is 390 g/mol. The van der Waals surface area contributed by atoms with Crippen molar-refractivity contribution >= 4 is 21.8 Å². The Morgan fingerprint density at radius 1 is 0.966 bits per heavy atom. The predicted octanol–water partition coefficient (Wildman–Crippen LogP) is 2.35. The first-order valence-electron chi connectivity index (χ1n) is 10.5. The van der Waals surface area contributed by atoms with Gasteiger partial charge in [-0.05, 0) is 86.0 Å². The number of hydrogen-bond donors (Lipinski definition) is 3. The number of rotatable bonds is 6. The number of hydrogen-bond acceptors (Lipinski definition) is 4. The van der Waals surface area contributed by atoms with Crippen LogP contribution in [0.3, 0.4) is 0 Å². The van der Waals surface area contributed by atoms with Gasteiger partial charge in [-0.3, -0.25) is 20.4 Å². The first kappa shape index (κ1) is 20.3. The second kappa shape index (κ2) is 7.72. The summed E-state index contributed by atoms with van der Waals surface area (Å²) in [4.78, 5) is 24.9. The number of sulfonamides is 1. The molecule has 1 aromatic carbocycles. The van der Waals surface area contributed by atoms with Gasteiger partial charge in [-0.2, -0.15) is 0 Å². The molecule has 3 N–H and O–H groups in total. The molecule has 4 saturated carbocycles. The zero-order valence-electron chi connectivity index (χ0n) is 16.7. The molecule has 0 aliphatic heterocycles. The molecule has 0 unspecified atom stereocenters. The second-order valence-electron chi connectivity index (χ2n) is 9.12. The average molecular weight is 420 g/mol. The average Bonchev–Trinajstić information content (AvgIpc) is 2.64. The van der Waals surface area contributed by atoms with Crippen molar-refractivity contribution in [2.24, 2.45) is 23.2 Å². The lowest BCUT2D eigenvalue weighted by molar-refractivity contribution is -0.130. The minimum atomic E-state index is -3.56. The van der Waals surface area contributed by atoms with Crippen LogP contribution in [0, 0.1) is 23.2 Å². The van der Waals surface area contributed by atoms with Gasteiger partial charge in [0.25, 0.3) is 5.91 Å². The highest BCUT2D eigenvalue weighted by Crippen LogP contribution is 2.61. The van der Waals surface area contributed by atoms with Gasteiger partial charge in [0.1, 0.15) is 0 Å². The lowest BCUT2D eigenvalue weighted by atomic mass is 9.49. The van der Waals surface area contributed by atoms with Crippen molar-refractivity contribution in [3.8, 4) is 0 Å². The minimum absolute atomic E-state index is 0.0988. The summed E-state index contributed by atoms with van der Waals surface area (Å²) < 4.78 is 26.3. The van der Waals surface area contributed by atoms with Crippen molar-refractivity contribution < 1.29 is 18.0 Å². The van der Waals surface area contributed by atoms with Gasteiger partial charge in [0.15, 0.2) is 0 Å². The Kier molecular flexibility index (Phi) is 5.42. The molecule has 158 valence electrons. The van der Waals surface area contributed by atoms with Crippen molar-refractivity contribution in [3.05, 3.63) is 29.8 Å². The second-order valence-corrected chi connectivity index (χ2v) is 10.9. The van der Waals surface area contributed by atoms with E-state index in [1.807, 2.05) is 0 Å². The fraction of sp³-hybridized carbons (Fsp3) is 0.619. The van der Waals surface area contributed by atoms with Gasteiger partial charge in [0, 0.05) is 18.5 Å². The molecule has 4 aliphatic carbocycles. The molecule has 0 spiro atoms. The van der Waals surface area contributed by atoms with Crippen LogP contribution in [0.4, 0.5) is 0 Å². The highest BCUT2D eigenvalue weighted by molar-refractivity contribution is 7.89. The van der Waals surface area contributed by atoms with Gasteiger partial charge < -0.3 is 0 Å². The smallest absolute Gasteiger partial charge is 0.269 e. The Morgan fingerprint density at radius 3 is 2.03 bits per heavy atom. The zero-order valence-corrected chi connectivity index (χ0v) is 17.6. The Morgan fingerprint density at radius 2 is 1.52 bits per heavy atom. The number of hydrazine groups is 1. The Labute approximate surface area is 172 Å². The van der Waals surface area contributed by atoms with E-state index >= 15 is 0 Å². The van der Waals surface area contributed by atoms with E-state index < -0.39 is 15.9 Å². The highest BCUT2D eigenvalue weighted by atomic mass is 32.2. The maximum atomic E-state index is 12.5. The number of nitrogens with one attached hydrogen (secondary N) is 3. The first-order valence-corrected chi connectivity index (χ1v) is 12.0. The molecule has 5 rings (SSSR count). The summed E-state index contributed by atoms with van der Waals surface area (Å²) in [5, 5.41) is 0. The van der Waals surface area contributed by atoms with Crippen LogP contribution in [0.2, 0.25) is 0 Å². The van der Waals surface area contributed by atoms with Crippen molar-refractivity contribution in [2.75, 3.05) is 6.54 Å². The Hall–Kier alpha value is -1.93. The van der Waals surface area contributed by atoms with Crippen LogP contribution >= 0.6 is 0 Å². The van der Waals surface area contributed by atoms with E-state index in [4.69, 9.17) is 0 Å². The maximum Gasteiger partial charge on any atom is 0.269 e. The number of carbonyl (C=O) groups excluding carboxylic acids is 2. The molecule has 0 aromatic heterocycles. The van der Waals surface area contributed by atoms with Crippen LogP contribution in [0.15, 0.2) is 29.2 Å². The van der Waals surface area contributed by atoms with Crippen LogP contribution in [0.5, 0.6) is 0 Å². The number of benzene rings is 1. The molecule has 1 aromatic rings. The Balaban J connectivity index is 1.31. The number of carbonyl (C=O) groups is 2. The zero-order chi connectivity index (χ0) is 20.6. The van der Waals surface area contributed by atoms with Crippen molar-refractivity contribution in [3.63, 3.8) is 0 Å². The van der Waals surface area contributed by atoms with E-state index in [1.54, 1.807) is 6.92 Å². The molecule has 7 nitrogen and oxygen atoms in total. The van der Waals surface area contributed by atoms with Gasteiger partial charge in [0.05, 0.1) is 4.90 Å². The van der Waals surface area contributed by atoms with E-state index in [0.29, 0.717) is 13.0 Å².